The molecule has 0 amide bonds. The van der Waals surface area contributed by atoms with Crippen molar-refractivity contribution in [3.05, 3.63) is 35.9 Å². The summed E-state index contributed by atoms with van der Waals surface area (Å²) in [7, 11) is -1.78. The summed E-state index contributed by atoms with van der Waals surface area (Å²) >= 11 is 0. The van der Waals surface area contributed by atoms with Crippen LogP contribution in [0.1, 0.15) is 33.3 Å². The smallest absolute Gasteiger partial charge is 0.302 e. The van der Waals surface area contributed by atoms with E-state index in [0.29, 0.717) is 13.2 Å². The molecule has 0 aromatic heterocycles. The first-order valence-corrected chi connectivity index (χ1v) is 10.8. The molecule has 0 unspecified atom stereocenters. The fourth-order valence-corrected chi connectivity index (χ4v) is 2.98. The fraction of sp³-hybridized carbons (Fsp3) is 0.611. The highest BCUT2D eigenvalue weighted by Gasteiger charge is 2.37. The number of hydrogen-bond donors (Lipinski definition) is 0. The third-order valence-electron chi connectivity index (χ3n) is 4.38. The SMILES string of the molecule is CC(=O)OC[C@H](CO[Si](C)(C)C(C)(C)C)Cc1ccccc1. The third-order valence-corrected chi connectivity index (χ3v) is 8.88. The Morgan fingerprint density at radius 1 is 1.14 bits per heavy atom. The van der Waals surface area contributed by atoms with E-state index >= 15 is 0 Å². The van der Waals surface area contributed by atoms with Crippen molar-refractivity contribution < 1.29 is 14.0 Å². The van der Waals surface area contributed by atoms with Gasteiger partial charge < -0.3 is 9.16 Å². The van der Waals surface area contributed by atoms with Crippen molar-refractivity contribution in [2.24, 2.45) is 5.92 Å². The first-order chi connectivity index (χ1) is 10.1. The maximum atomic E-state index is 11.1. The predicted molar refractivity (Wildman–Crippen MR) is 93.4 cm³/mol. The monoisotopic (exact) mass is 322 g/mol. The predicted octanol–water partition coefficient (Wildman–Crippen LogP) is 4.43. The lowest BCUT2D eigenvalue weighted by Crippen LogP contribution is -2.42. The summed E-state index contributed by atoms with van der Waals surface area (Å²) in [6, 6.07) is 10.3. The molecule has 0 radical (unpaired) electrons. The first-order valence-electron chi connectivity index (χ1n) is 7.93. The molecule has 1 aromatic carbocycles. The highest BCUT2D eigenvalue weighted by Crippen LogP contribution is 2.36. The van der Waals surface area contributed by atoms with Crippen molar-refractivity contribution in [3.8, 4) is 0 Å². The van der Waals surface area contributed by atoms with Gasteiger partial charge in [-0.05, 0) is 30.1 Å². The minimum absolute atomic E-state index is 0.186. The van der Waals surface area contributed by atoms with E-state index in [1.54, 1.807) is 0 Å². The maximum absolute atomic E-state index is 11.1. The molecule has 4 heteroatoms. The number of carbonyl (C=O) groups is 1. The standard InChI is InChI=1S/C18H30O3Si/c1-15(19)20-13-17(12-16-10-8-7-9-11-16)14-21-22(5,6)18(2,3)4/h7-11,17H,12-14H2,1-6H3/t17-/m1/s1. The van der Waals surface area contributed by atoms with E-state index in [0.717, 1.165) is 6.42 Å². The zero-order valence-electron chi connectivity index (χ0n) is 14.8. The van der Waals surface area contributed by atoms with Crippen LogP contribution in [-0.4, -0.2) is 27.5 Å². The summed E-state index contributed by atoms with van der Waals surface area (Å²) in [6.07, 6.45) is 0.864. The van der Waals surface area contributed by atoms with Gasteiger partial charge in [-0.15, -0.1) is 0 Å². The van der Waals surface area contributed by atoms with E-state index in [1.165, 1.54) is 12.5 Å². The van der Waals surface area contributed by atoms with Gasteiger partial charge in [-0.2, -0.15) is 0 Å². The van der Waals surface area contributed by atoms with Crippen LogP contribution >= 0.6 is 0 Å². The van der Waals surface area contributed by atoms with Gasteiger partial charge in [0.05, 0.1) is 6.61 Å². The Kier molecular flexibility index (Phi) is 6.82. The zero-order valence-corrected chi connectivity index (χ0v) is 15.8. The van der Waals surface area contributed by atoms with Crippen LogP contribution in [0.3, 0.4) is 0 Å². The lowest BCUT2D eigenvalue weighted by Gasteiger charge is -2.37. The Bertz CT molecular complexity index is 463. The Morgan fingerprint density at radius 2 is 1.73 bits per heavy atom. The summed E-state index contributed by atoms with van der Waals surface area (Å²) in [5.74, 6) is -0.0363. The summed E-state index contributed by atoms with van der Waals surface area (Å²) in [5, 5.41) is 0.186. The van der Waals surface area contributed by atoms with Crippen LogP contribution in [0, 0.1) is 5.92 Å². The van der Waals surface area contributed by atoms with Crippen LogP contribution in [0.15, 0.2) is 30.3 Å². The van der Waals surface area contributed by atoms with E-state index in [-0.39, 0.29) is 16.9 Å². The molecule has 0 aliphatic heterocycles. The molecule has 1 aromatic rings. The molecule has 0 aliphatic carbocycles. The van der Waals surface area contributed by atoms with Crippen LogP contribution in [0.4, 0.5) is 0 Å². The van der Waals surface area contributed by atoms with Gasteiger partial charge in [0, 0.05) is 19.4 Å². The van der Waals surface area contributed by atoms with E-state index in [4.69, 9.17) is 9.16 Å². The molecule has 1 rings (SSSR count). The normalized spacial score (nSPS) is 13.7. The second kappa shape index (κ2) is 7.93. The van der Waals surface area contributed by atoms with Gasteiger partial charge in [0.1, 0.15) is 0 Å². The van der Waals surface area contributed by atoms with Crippen LogP contribution in [-0.2, 0) is 20.4 Å². The minimum atomic E-state index is -1.78. The molecule has 22 heavy (non-hydrogen) atoms. The number of rotatable bonds is 7. The summed E-state index contributed by atoms with van der Waals surface area (Å²) in [5.41, 5.74) is 1.25. The molecule has 0 N–H and O–H groups in total. The topological polar surface area (TPSA) is 35.5 Å². The molecule has 0 aliphatic rings. The molecule has 0 saturated carbocycles. The highest BCUT2D eigenvalue weighted by atomic mass is 28.4. The fourth-order valence-electron chi connectivity index (χ4n) is 1.89. The first kappa shape index (κ1) is 18.9. The third kappa shape index (κ3) is 6.32. The van der Waals surface area contributed by atoms with Gasteiger partial charge in [0.2, 0.25) is 0 Å². The Hall–Kier alpha value is -1.13. The van der Waals surface area contributed by atoms with Crippen LogP contribution in [0.5, 0.6) is 0 Å². The number of benzene rings is 1. The molecule has 0 heterocycles. The molecule has 124 valence electrons. The second-order valence-corrected chi connectivity index (χ2v) is 12.2. The van der Waals surface area contributed by atoms with Crippen molar-refractivity contribution in [2.75, 3.05) is 13.2 Å². The number of esters is 1. The molecule has 0 fully saturated rings. The molecular weight excluding hydrogens is 292 g/mol. The average Bonchev–Trinajstić information content (AvgIpc) is 2.41. The zero-order chi connectivity index (χ0) is 16.8. The van der Waals surface area contributed by atoms with Crippen molar-refractivity contribution >= 4 is 14.3 Å². The van der Waals surface area contributed by atoms with Crippen molar-refractivity contribution in [2.45, 2.75) is 52.2 Å². The summed E-state index contributed by atoms with van der Waals surface area (Å²) in [6.45, 7) is 13.7. The van der Waals surface area contributed by atoms with E-state index in [2.05, 4.69) is 46.0 Å². The quantitative estimate of drug-likeness (QED) is 0.550. The number of carbonyl (C=O) groups excluding carboxylic acids is 1. The number of ether oxygens (including phenoxy) is 1. The van der Waals surface area contributed by atoms with Gasteiger partial charge in [-0.3, -0.25) is 4.79 Å². The second-order valence-electron chi connectivity index (χ2n) is 7.43. The molecule has 3 nitrogen and oxygen atoms in total. The van der Waals surface area contributed by atoms with Crippen LogP contribution in [0.25, 0.3) is 0 Å². The maximum Gasteiger partial charge on any atom is 0.302 e. The summed E-state index contributed by atoms with van der Waals surface area (Å²) in [4.78, 5) is 11.1. The van der Waals surface area contributed by atoms with Gasteiger partial charge in [0.25, 0.3) is 0 Å². The van der Waals surface area contributed by atoms with E-state index < -0.39 is 8.32 Å². The number of hydrogen-bond acceptors (Lipinski definition) is 3. The lowest BCUT2D eigenvalue weighted by atomic mass is 10.0. The van der Waals surface area contributed by atoms with Gasteiger partial charge in [0.15, 0.2) is 8.32 Å². The van der Waals surface area contributed by atoms with Crippen molar-refractivity contribution in [1.82, 2.24) is 0 Å². The van der Waals surface area contributed by atoms with Crippen molar-refractivity contribution in [1.29, 1.82) is 0 Å². The van der Waals surface area contributed by atoms with Crippen LogP contribution < -0.4 is 0 Å². The van der Waals surface area contributed by atoms with E-state index in [1.807, 2.05) is 18.2 Å². The van der Waals surface area contributed by atoms with Gasteiger partial charge in [-0.1, -0.05) is 51.1 Å². The summed E-state index contributed by atoms with van der Waals surface area (Å²) < 4.78 is 11.5. The van der Waals surface area contributed by atoms with Gasteiger partial charge in [-0.25, -0.2) is 0 Å². The average molecular weight is 323 g/mol. The van der Waals surface area contributed by atoms with Crippen LogP contribution in [0.2, 0.25) is 18.1 Å². The minimum Gasteiger partial charge on any atom is -0.465 e. The molecule has 1 atom stereocenters. The Morgan fingerprint density at radius 3 is 2.23 bits per heavy atom. The molecule has 0 saturated heterocycles. The Balaban J connectivity index is 2.68. The Labute approximate surface area is 136 Å². The highest BCUT2D eigenvalue weighted by molar-refractivity contribution is 6.74. The van der Waals surface area contributed by atoms with Crippen molar-refractivity contribution in [3.63, 3.8) is 0 Å². The van der Waals surface area contributed by atoms with Gasteiger partial charge >= 0.3 is 5.97 Å². The molecule has 0 spiro atoms. The van der Waals surface area contributed by atoms with E-state index in [9.17, 15) is 4.79 Å². The molecular formula is C18H30O3Si. The largest absolute Gasteiger partial charge is 0.465 e. The lowest BCUT2D eigenvalue weighted by molar-refractivity contribution is -0.142. The molecule has 0 bridgehead atoms.